The second-order valence-corrected chi connectivity index (χ2v) is 3.40. The zero-order valence-electron chi connectivity index (χ0n) is 9.28. The normalized spacial score (nSPS) is 10.8. The quantitative estimate of drug-likeness (QED) is 0.775. The van der Waals surface area contributed by atoms with Crippen LogP contribution in [-0.4, -0.2) is 13.2 Å². The summed E-state index contributed by atoms with van der Waals surface area (Å²) in [5.41, 5.74) is 6.59. The predicted octanol–water partition coefficient (Wildman–Crippen LogP) is 2.84. The molecule has 1 rings (SSSR count). The summed E-state index contributed by atoms with van der Waals surface area (Å²) in [5, 5.41) is 0. The highest BCUT2D eigenvalue weighted by Gasteiger charge is 1.91. The van der Waals surface area contributed by atoms with Gasteiger partial charge in [0, 0.05) is 0 Å². The summed E-state index contributed by atoms with van der Waals surface area (Å²) in [7, 11) is 0. The lowest BCUT2D eigenvalue weighted by Crippen LogP contribution is -1.95. The number of rotatable bonds is 6. The molecule has 0 spiro atoms. The molecule has 15 heavy (non-hydrogen) atoms. The molecule has 0 saturated heterocycles. The lowest BCUT2D eigenvalue weighted by atomic mass is 10.2. The number of hydrogen-bond donors (Lipinski definition) is 1. The molecule has 1 aromatic rings. The van der Waals surface area contributed by atoms with Gasteiger partial charge in [-0.05, 0) is 37.1 Å². The van der Waals surface area contributed by atoms with Gasteiger partial charge in [-0.2, -0.15) is 0 Å². The highest BCUT2D eigenvalue weighted by Crippen LogP contribution is 2.13. The molecule has 0 aliphatic heterocycles. The number of nitrogens with two attached hydrogens (primary N) is 1. The topological polar surface area (TPSA) is 35.2 Å². The van der Waals surface area contributed by atoms with Crippen molar-refractivity contribution in [2.24, 2.45) is 5.73 Å². The number of ether oxygens (including phenoxy) is 1. The Hall–Kier alpha value is -1.28. The van der Waals surface area contributed by atoms with E-state index in [1.54, 1.807) is 0 Å². The minimum absolute atomic E-state index is 0.703. The largest absolute Gasteiger partial charge is 0.494 e. The molecule has 2 nitrogen and oxygen atoms in total. The summed E-state index contributed by atoms with van der Waals surface area (Å²) < 4.78 is 5.49. The monoisotopic (exact) mass is 205 g/mol. The first-order valence-electron chi connectivity index (χ1n) is 5.46. The molecule has 0 amide bonds. The molecule has 0 saturated carbocycles. The molecule has 0 atom stereocenters. The molecule has 0 fully saturated rings. The van der Waals surface area contributed by atoms with Crippen molar-refractivity contribution in [3.8, 4) is 5.75 Å². The summed E-state index contributed by atoms with van der Waals surface area (Å²) >= 11 is 0. The van der Waals surface area contributed by atoms with Crippen LogP contribution >= 0.6 is 0 Å². The van der Waals surface area contributed by atoms with E-state index in [9.17, 15) is 0 Å². The van der Waals surface area contributed by atoms with Gasteiger partial charge in [0.1, 0.15) is 5.75 Å². The molecule has 0 radical (unpaired) electrons. The Kier molecular flexibility index (Phi) is 5.56. The first-order chi connectivity index (χ1) is 7.36. The molecule has 0 unspecified atom stereocenters. The SMILES string of the molecule is CCCOc1ccc(C=CCCN)cc1. The summed E-state index contributed by atoms with van der Waals surface area (Å²) in [6.07, 6.45) is 6.13. The summed E-state index contributed by atoms with van der Waals surface area (Å²) in [6, 6.07) is 8.10. The Labute approximate surface area is 91.7 Å². The highest BCUT2D eigenvalue weighted by atomic mass is 16.5. The zero-order chi connectivity index (χ0) is 10.9. The van der Waals surface area contributed by atoms with Gasteiger partial charge in [-0.3, -0.25) is 0 Å². The van der Waals surface area contributed by atoms with Crippen LogP contribution in [0.1, 0.15) is 25.3 Å². The maximum absolute atomic E-state index is 5.49. The van der Waals surface area contributed by atoms with Crippen LogP contribution in [-0.2, 0) is 0 Å². The number of benzene rings is 1. The maximum atomic E-state index is 5.49. The van der Waals surface area contributed by atoms with Crippen molar-refractivity contribution in [3.05, 3.63) is 35.9 Å². The summed E-state index contributed by atoms with van der Waals surface area (Å²) in [4.78, 5) is 0. The molecule has 82 valence electrons. The fourth-order valence-electron chi connectivity index (χ4n) is 1.21. The van der Waals surface area contributed by atoms with Gasteiger partial charge in [-0.1, -0.05) is 31.2 Å². The van der Waals surface area contributed by atoms with Gasteiger partial charge in [0.2, 0.25) is 0 Å². The van der Waals surface area contributed by atoms with Crippen LogP contribution in [0.15, 0.2) is 30.3 Å². The second kappa shape index (κ2) is 7.07. The zero-order valence-corrected chi connectivity index (χ0v) is 9.28. The molecule has 0 heterocycles. The van der Waals surface area contributed by atoms with E-state index >= 15 is 0 Å². The van der Waals surface area contributed by atoms with Crippen molar-refractivity contribution < 1.29 is 4.74 Å². The Balaban J connectivity index is 2.48. The molecule has 0 aliphatic rings. The van der Waals surface area contributed by atoms with E-state index < -0.39 is 0 Å². The molecule has 2 heteroatoms. The Morgan fingerprint density at radius 2 is 2.00 bits per heavy atom. The molecular weight excluding hydrogens is 186 g/mol. The first kappa shape index (κ1) is 11.8. The van der Waals surface area contributed by atoms with Crippen LogP contribution in [0.5, 0.6) is 5.75 Å². The van der Waals surface area contributed by atoms with Crippen LogP contribution in [0, 0.1) is 0 Å². The van der Waals surface area contributed by atoms with Crippen LogP contribution in [0.4, 0.5) is 0 Å². The van der Waals surface area contributed by atoms with E-state index in [2.05, 4.69) is 31.2 Å². The first-order valence-corrected chi connectivity index (χ1v) is 5.46. The average Bonchev–Trinajstić information content (AvgIpc) is 2.28. The third kappa shape index (κ3) is 4.66. The van der Waals surface area contributed by atoms with Crippen LogP contribution in [0.25, 0.3) is 6.08 Å². The molecule has 0 aromatic heterocycles. The Morgan fingerprint density at radius 1 is 1.27 bits per heavy atom. The predicted molar refractivity (Wildman–Crippen MR) is 64.9 cm³/mol. The van der Waals surface area contributed by atoms with Gasteiger partial charge in [0.05, 0.1) is 6.61 Å². The lowest BCUT2D eigenvalue weighted by molar-refractivity contribution is 0.317. The van der Waals surface area contributed by atoms with Crippen molar-refractivity contribution in [2.75, 3.05) is 13.2 Å². The van der Waals surface area contributed by atoms with Crippen molar-refractivity contribution >= 4 is 6.08 Å². The van der Waals surface area contributed by atoms with Gasteiger partial charge < -0.3 is 10.5 Å². The van der Waals surface area contributed by atoms with Gasteiger partial charge in [0.25, 0.3) is 0 Å². The summed E-state index contributed by atoms with van der Waals surface area (Å²) in [6.45, 7) is 3.58. The van der Waals surface area contributed by atoms with E-state index in [4.69, 9.17) is 10.5 Å². The molecular formula is C13H19NO. The highest BCUT2D eigenvalue weighted by molar-refractivity contribution is 5.50. The molecule has 0 aliphatic carbocycles. The lowest BCUT2D eigenvalue weighted by Gasteiger charge is -2.03. The Bertz CT molecular complexity index is 290. The third-order valence-electron chi connectivity index (χ3n) is 2.00. The smallest absolute Gasteiger partial charge is 0.119 e. The molecule has 0 bridgehead atoms. The van der Waals surface area contributed by atoms with Gasteiger partial charge in [-0.25, -0.2) is 0 Å². The van der Waals surface area contributed by atoms with Crippen LogP contribution in [0.2, 0.25) is 0 Å². The van der Waals surface area contributed by atoms with Crippen molar-refractivity contribution in [1.82, 2.24) is 0 Å². The van der Waals surface area contributed by atoms with Gasteiger partial charge in [-0.15, -0.1) is 0 Å². The number of hydrogen-bond acceptors (Lipinski definition) is 2. The Morgan fingerprint density at radius 3 is 2.60 bits per heavy atom. The third-order valence-corrected chi connectivity index (χ3v) is 2.00. The molecule has 1 aromatic carbocycles. The minimum Gasteiger partial charge on any atom is -0.494 e. The van der Waals surface area contributed by atoms with Crippen LogP contribution in [0.3, 0.4) is 0 Å². The molecule has 2 N–H and O–H groups in total. The summed E-state index contributed by atoms with van der Waals surface area (Å²) in [5.74, 6) is 0.938. The van der Waals surface area contributed by atoms with E-state index in [1.165, 1.54) is 5.56 Å². The second-order valence-electron chi connectivity index (χ2n) is 3.40. The standard InChI is InChI=1S/C13H19NO/c1-2-11-15-13-8-6-12(7-9-13)5-3-4-10-14/h3,5-9H,2,4,10-11,14H2,1H3. The van der Waals surface area contributed by atoms with E-state index in [0.717, 1.165) is 25.2 Å². The van der Waals surface area contributed by atoms with Crippen molar-refractivity contribution in [3.63, 3.8) is 0 Å². The van der Waals surface area contributed by atoms with E-state index in [0.29, 0.717) is 6.54 Å². The fraction of sp³-hybridized carbons (Fsp3) is 0.385. The van der Waals surface area contributed by atoms with Crippen molar-refractivity contribution in [1.29, 1.82) is 0 Å². The minimum atomic E-state index is 0.703. The van der Waals surface area contributed by atoms with E-state index in [1.807, 2.05) is 12.1 Å². The fourth-order valence-corrected chi connectivity index (χ4v) is 1.21. The maximum Gasteiger partial charge on any atom is 0.119 e. The van der Waals surface area contributed by atoms with Crippen LogP contribution < -0.4 is 10.5 Å². The van der Waals surface area contributed by atoms with E-state index in [-0.39, 0.29) is 0 Å². The van der Waals surface area contributed by atoms with Gasteiger partial charge >= 0.3 is 0 Å². The average molecular weight is 205 g/mol. The van der Waals surface area contributed by atoms with Crippen molar-refractivity contribution in [2.45, 2.75) is 19.8 Å². The van der Waals surface area contributed by atoms with Gasteiger partial charge in [0.15, 0.2) is 0 Å².